The second-order valence-corrected chi connectivity index (χ2v) is 8.07. The molecular weight excluding hydrogens is 338 g/mol. The summed E-state index contributed by atoms with van der Waals surface area (Å²) in [5, 5.41) is 0. The number of unbranched alkanes of at least 4 members (excludes halogenated alkanes) is 10. The summed E-state index contributed by atoms with van der Waals surface area (Å²) in [6.07, 6.45) is 19.9. The van der Waals surface area contributed by atoms with Crippen LogP contribution in [0.5, 0.6) is 0 Å². The molecule has 0 fully saturated rings. The van der Waals surface area contributed by atoms with Gasteiger partial charge in [-0.05, 0) is 26.9 Å². The van der Waals surface area contributed by atoms with Gasteiger partial charge in [-0.3, -0.25) is 9.11 Å². The van der Waals surface area contributed by atoms with Crippen molar-refractivity contribution in [2.75, 3.05) is 14.1 Å². The molecule has 0 aromatic rings. The Kier molecular flexibility index (Phi) is 20.1. The molecule has 0 aliphatic rings. The van der Waals surface area contributed by atoms with E-state index in [4.69, 9.17) is 17.5 Å². The van der Waals surface area contributed by atoms with Crippen LogP contribution >= 0.6 is 0 Å². The third-order valence-corrected chi connectivity index (χ3v) is 4.51. The van der Waals surface area contributed by atoms with Crippen molar-refractivity contribution in [3.8, 4) is 0 Å². The lowest BCUT2D eigenvalue weighted by atomic mass is 9.99. The average molecular weight is 382 g/mol. The van der Waals surface area contributed by atoms with Gasteiger partial charge in [0, 0.05) is 6.04 Å². The summed E-state index contributed by atoms with van der Waals surface area (Å²) in [5.41, 5.74) is 0. The summed E-state index contributed by atoms with van der Waals surface area (Å²) in [6, 6.07) is 0.826. The molecule has 1 atom stereocenters. The molecule has 2 N–H and O–H groups in total. The van der Waals surface area contributed by atoms with E-state index in [0.717, 1.165) is 6.04 Å². The highest BCUT2D eigenvalue weighted by atomic mass is 32.3. The second-order valence-electron chi connectivity index (χ2n) is 7.18. The Morgan fingerprint density at radius 3 is 1.24 bits per heavy atom. The fourth-order valence-electron chi connectivity index (χ4n) is 2.98. The summed E-state index contributed by atoms with van der Waals surface area (Å²) >= 11 is 0. The minimum Gasteiger partial charge on any atom is -0.306 e. The maximum atomic E-state index is 8.74. The minimum absolute atomic E-state index is 0.826. The van der Waals surface area contributed by atoms with Gasteiger partial charge < -0.3 is 4.90 Å². The summed E-state index contributed by atoms with van der Waals surface area (Å²) in [5.74, 6) is 0. The molecule has 0 heterocycles. The van der Waals surface area contributed by atoms with Gasteiger partial charge in [-0.15, -0.1) is 0 Å². The molecule has 0 radical (unpaired) electrons. The van der Waals surface area contributed by atoms with Crippen LogP contribution in [0.4, 0.5) is 0 Å². The van der Waals surface area contributed by atoms with Crippen LogP contribution < -0.4 is 0 Å². The second kappa shape index (κ2) is 18.6. The monoisotopic (exact) mass is 381 g/mol. The smallest absolute Gasteiger partial charge is 0.306 e. The maximum absolute atomic E-state index is 8.74. The van der Waals surface area contributed by atoms with Gasteiger partial charge in [0.2, 0.25) is 0 Å². The van der Waals surface area contributed by atoms with Crippen molar-refractivity contribution in [3.05, 3.63) is 0 Å². The van der Waals surface area contributed by atoms with Crippen LogP contribution in [-0.2, 0) is 10.4 Å². The van der Waals surface area contributed by atoms with Crippen molar-refractivity contribution in [1.29, 1.82) is 0 Å². The number of nitrogens with zero attached hydrogens (tertiary/aromatic N) is 1. The highest BCUT2D eigenvalue weighted by Crippen LogP contribution is 2.16. The Hall–Kier alpha value is -0.170. The van der Waals surface area contributed by atoms with Crippen LogP contribution in [0.1, 0.15) is 104 Å². The highest BCUT2D eigenvalue weighted by Gasteiger charge is 2.10. The molecule has 0 aromatic heterocycles. The highest BCUT2D eigenvalue weighted by molar-refractivity contribution is 7.79. The van der Waals surface area contributed by atoms with Gasteiger partial charge in [-0.2, -0.15) is 8.42 Å². The van der Waals surface area contributed by atoms with Crippen LogP contribution in [-0.4, -0.2) is 42.6 Å². The molecule has 0 bridgehead atoms. The molecule has 0 aliphatic heterocycles. The summed E-state index contributed by atoms with van der Waals surface area (Å²) in [6.45, 7) is 4.59. The fraction of sp³-hybridized carbons (Fsp3) is 1.00. The van der Waals surface area contributed by atoms with Crippen molar-refractivity contribution >= 4 is 10.4 Å². The molecule has 0 rings (SSSR count). The van der Waals surface area contributed by atoms with Crippen LogP contribution in [0.2, 0.25) is 0 Å². The molecule has 0 spiro atoms. The molecule has 0 saturated carbocycles. The van der Waals surface area contributed by atoms with E-state index in [1.165, 1.54) is 89.9 Å². The van der Waals surface area contributed by atoms with Crippen LogP contribution in [0, 0.1) is 0 Å². The first-order chi connectivity index (χ1) is 11.7. The summed E-state index contributed by atoms with van der Waals surface area (Å²) in [7, 11) is -0.143. The van der Waals surface area contributed by atoms with Crippen LogP contribution in [0.3, 0.4) is 0 Å². The SMILES string of the molecule is CCCCCCCCCC(CCCCCCC)N(C)C.O=S(=O)(O)O. The molecule has 0 aromatic carbocycles. The zero-order valence-electron chi connectivity index (χ0n) is 17.0. The molecule has 25 heavy (non-hydrogen) atoms. The number of hydrogen-bond donors (Lipinski definition) is 2. The predicted molar refractivity (Wildman–Crippen MR) is 108 cm³/mol. The van der Waals surface area contributed by atoms with E-state index in [1.54, 1.807) is 0 Å². The van der Waals surface area contributed by atoms with Crippen molar-refractivity contribution in [3.63, 3.8) is 0 Å². The first-order valence-corrected chi connectivity index (χ1v) is 11.5. The first kappa shape index (κ1) is 27.1. The lowest BCUT2D eigenvalue weighted by molar-refractivity contribution is 0.251. The molecule has 1 unspecified atom stereocenters. The minimum atomic E-state index is -4.67. The van der Waals surface area contributed by atoms with Gasteiger partial charge in [0.15, 0.2) is 0 Å². The van der Waals surface area contributed by atoms with Gasteiger partial charge in [0.25, 0.3) is 0 Å². The third-order valence-electron chi connectivity index (χ3n) is 4.51. The lowest BCUT2D eigenvalue weighted by Gasteiger charge is -2.24. The topological polar surface area (TPSA) is 77.8 Å². The molecule has 5 nitrogen and oxygen atoms in total. The largest absolute Gasteiger partial charge is 0.394 e. The van der Waals surface area contributed by atoms with Gasteiger partial charge in [0.05, 0.1) is 0 Å². The molecule has 0 saturated heterocycles. The molecule has 6 heteroatoms. The van der Waals surface area contributed by atoms with Crippen molar-refractivity contribution < 1.29 is 17.5 Å². The fourth-order valence-corrected chi connectivity index (χ4v) is 2.98. The first-order valence-electron chi connectivity index (χ1n) is 10.1. The Morgan fingerprint density at radius 2 is 0.960 bits per heavy atom. The van der Waals surface area contributed by atoms with E-state index >= 15 is 0 Å². The third kappa shape index (κ3) is 28.9. The van der Waals surface area contributed by atoms with Crippen molar-refractivity contribution in [2.45, 2.75) is 110 Å². The van der Waals surface area contributed by atoms with E-state index in [-0.39, 0.29) is 0 Å². The maximum Gasteiger partial charge on any atom is 0.394 e. The standard InChI is InChI=1S/C19H41N.H2O4S/c1-5-7-9-11-12-14-16-18-19(20(3)4)17-15-13-10-8-6-2;1-5(2,3)4/h19H,5-18H2,1-4H3;(H2,1,2,3,4). The van der Waals surface area contributed by atoms with E-state index in [2.05, 4.69) is 32.8 Å². The Bertz CT molecular complexity index is 350. The predicted octanol–water partition coefficient (Wildman–Crippen LogP) is 5.77. The molecular formula is C19H43NO4S. The van der Waals surface area contributed by atoms with E-state index in [9.17, 15) is 0 Å². The van der Waals surface area contributed by atoms with Crippen molar-refractivity contribution in [2.24, 2.45) is 0 Å². The molecule has 0 amide bonds. The quantitative estimate of drug-likeness (QED) is 0.278. The zero-order chi connectivity index (χ0) is 19.6. The van der Waals surface area contributed by atoms with Crippen LogP contribution in [0.25, 0.3) is 0 Å². The van der Waals surface area contributed by atoms with Gasteiger partial charge in [-0.25, -0.2) is 0 Å². The van der Waals surface area contributed by atoms with E-state index in [0.29, 0.717) is 0 Å². The molecule has 154 valence electrons. The van der Waals surface area contributed by atoms with Gasteiger partial charge >= 0.3 is 10.4 Å². The Labute approximate surface area is 157 Å². The number of rotatable bonds is 15. The summed E-state index contributed by atoms with van der Waals surface area (Å²) in [4.78, 5) is 2.46. The van der Waals surface area contributed by atoms with E-state index in [1.807, 2.05) is 0 Å². The van der Waals surface area contributed by atoms with Crippen LogP contribution in [0.15, 0.2) is 0 Å². The normalized spacial score (nSPS) is 12.8. The molecule has 0 aliphatic carbocycles. The van der Waals surface area contributed by atoms with Crippen molar-refractivity contribution in [1.82, 2.24) is 4.90 Å². The summed E-state index contributed by atoms with van der Waals surface area (Å²) < 4.78 is 31.6. The van der Waals surface area contributed by atoms with E-state index < -0.39 is 10.4 Å². The Morgan fingerprint density at radius 1 is 0.680 bits per heavy atom. The lowest BCUT2D eigenvalue weighted by Crippen LogP contribution is -2.27. The Balaban J connectivity index is 0. The zero-order valence-corrected chi connectivity index (χ0v) is 17.9. The van der Waals surface area contributed by atoms with Gasteiger partial charge in [-0.1, -0.05) is 90.9 Å². The number of hydrogen-bond acceptors (Lipinski definition) is 3. The average Bonchev–Trinajstić information content (AvgIpc) is 2.50. The van der Waals surface area contributed by atoms with Gasteiger partial charge in [0.1, 0.15) is 0 Å².